The zero-order valence-electron chi connectivity index (χ0n) is 21.3. The Labute approximate surface area is 211 Å². The van der Waals surface area contributed by atoms with E-state index in [0.29, 0.717) is 23.7 Å². The minimum Gasteiger partial charge on any atom is -0.496 e. The Hall–Kier alpha value is -3.55. The summed E-state index contributed by atoms with van der Waals surface area (Å²) in [4.78, 5) is 34.0. The number of fused-ring (bicyclic) bond motifs is 3. The minimum absolute atomic E-state index is 0.124. The summed E-state index contributed by atoms with van der Waals surface area (Å²) < 4.78 is 13.2. The fourth-order valence-electron chi connectivity index (χ4n) is 5.64. The van der Waals surface area contributed by atoms with Crippen LogP contribution in [-0.4, -0.2) is 52.1 Å². The van der Waals surface area contributed by atoms with E-state index < -0.39 is 5.54 Å². The molecule has 1 aliphatic carbocycles. The second-order valence-corrected chi connectivity index (χ2v) is 10.0. The van der Waals surface area contributed by atoms with Crippen molar-refractivity contribution in [3.05, 3.63) is 54.0 Å². The lowest BCUT2D eigenvalue weighted by Crippen LogP contribution is -2.64. The smallest absolute Gasteiger partial charge is 0.271 e. The molecule has 36 heavy (non-hydrogen) atoms. The molecule has 0 saturated heterocycles. The Morgan fingerprint density at radius 2 is 1.83 bits per heavy atom. The van der Waals surface area contributed by atoms with Crippen LogP contribution in [0.3, 0.4) is 0 Å². The SMILES string of the molecule is COc1ccc(OC)c2c1cc1n2CC(C)(C(=O)NC2CCCCCC2)N(Cc2cccnc2)C1=O. The number of rotatable bonds is 6. The predicted molar refractivity (Wildman–Crippen MR) is 137 cm³/mol. The highest BCUT2D eigenvalue weighted by molar-refractivity contribution is 6.05. The first-order chi connectivity index (χ1) is 17.5. The number of pyridine rings is 1. The number of benzene rings is 1. The first-order valence-electron chi connectivity index (χ1n) is 12.7. The largest absolute Gasteiger partial charge is 0.496 e. The fraction of sp³-hybridized carbons (Fsp3) is 0.464. The molecule has 1 N–H and O–H groups in total. The van der Waals surface area contributed by atoms with E-state index in [-0.39, 0.29) is 24.4 Å². The second kappa shape index (κ2) is 9.84. The summed E-state index contributed by atoms with van der Waals surface area (Å²) >= 11 is 0. The summed E-state index contributed by atoms with van der Waals surface area (Å²) in [6.07, 6.45) is 10.0. The Kier molecular flexibility index (Phi) is 6.60. The van der Waals surface area contributed by atoms with Gasteiger partial charge in [-0.2, -0.15) is 0 Å². The molecule has 190 valence electrons. The van der Waals surface area contributed by atoms with Crippen LogP contribution in [0, 0.1) is 0 Å². The van der Waals surface area contributed by atoms with E-state index in [1.807, 2.05) is 41.8 Å². The topological polar surface area (TPSA) is 85.7 Å². The maximum atomic E-state index is 14.1. The third-order valence-electron chi connectivity index (χ3n) is 7.69. The molecular formula is C28H34N4O4. The van der Waals surface area contributed by atoms with Crippen LogP contribution in [0.4, 0.5) is 0 Å². The third kappa shape index (κ3) is 4.18. The van der Waals surface area contributed by atoms with Gasteiger partial charge in [-0.3, -0.25) is 14.6 Å². The van der Waals surface area contributed by atoms with Crippen LogP contribution in [0.15, 0.2) is 42.7 Å². The van der Waals surface area contributed by atoms with Crippen LogP contribution in [0.2, 0.25) is 0 Å². The van der Waals surface area contributed by atoms with Crippen molar-refractivity contribution in [3.8, 4) is 11.5 Å². The number of nitrogens with one attached hydrogen (secondary N) is 1. The summed E-state index contributed by atoms with van der Waals surface area (Å²) in [6, 6.07) is 9.43. The van der Waals surface area contributed by atoms with Crippen LogP contribution in [-0.2, 0) is 17.9 Å². The molecule has 0 bridgehead atoms. The molecule has 1 fully saturated rings. The summed E-state index contributed by atoms with van der Waals surface area (Å²) in [5.41, 5.74) is 1.04. The van der Waals surface area contributed by atoms with Crippen molar-refractivity contribution in [2.24, 2.45) is 0 Å². The lowest BCUT2D eigenvalue weighted by Gasteiger charge is -2.44. The van der Waals surface area contributed by atoms with Crippen LogP contribution in [0.1, 0.15) is 61.5 Å². The summed E-state index contributed by atoms with van der Waals surface area (Å²) in [7, 11) is 3.22. The zero-order valence-corrected chi connectivity index (χ0v) is 21.3. The van der Waals surface area contributed by atoms with Gasteiger partial charge in [0, 0.05) is 30.4 Å². The molecule has 3 heterocycles. The summed E-state index contributed by atoms with van der Waals surface area (Å²) in [5.74, 6) is 0.964. The summed E-state index contributed by atoms with van der Waals surface area (Å²) in [5, 5.41) is 4.10. The van der Waals surface area contributed by atoms with Crippen molar-refractivity contribution in [3.63, 3.8) is 0 Å². The highest BCUT2D eigenvalue weighted by atomic mass is 16.5. The quantitative estimate of drug-likeness (QED) is 0.521. The molecule has 5 rings (SSSR count). The van der Waals surface area contributed by atoms with Crippen LogP contribution in [0.25, 0.3) is 10.9 Å². The molecule has 3 aromatic rings. The van der Waals surface area contributed by atoms with Crippen LogP contribution >= 0.6 is 0 Å². The van der Waals surface area contributed by atoms with Gasteiger partial charge in [0.2, 0.25) is 5.91 Å². The van der Waals surface area contributed by atoms with Gasteiger partial charge in [-0.05, 0) is 49.6 Å². The van der Waals surface area contributed by atoms with Crippen molar-refractivity contribution in [1.82, 2.24) is 19.8 Å². The lowest BCUT2D eigenvalue weighted by atomic mass is 9.93. The number of carbonyl (C=O) groups is 2. The van der Waals surface area contributed by atoms with Gasteiger partial charge >= 0.3 is 0 Å². The Morgan fingerprint density at radius 3 is 2.50 bits per heavy atom. The van der Waals surface area contributed by atoms with Gasteiger partial charge in [-0.1, -0.05) is 31.7 Å². The number of methoxy groups -OCH3 is 2. The number of ether oxygens (including phenoxy) is 2. The van der Waals surface area contributed by atoms with Crippen molar-refractivity contribution in [2.75, 3.05) is 14.2 Å². The van der Waals surface area contributed by atoms with Crippen molar-refractivity contribution >= 4 is 22.7 Å². The lowest BCUT2D eigenvalue weighted by molar-refractivity contribution is -0.134. The van der Waals surface area contributed by atoms with Crippen molar-refractivity contribution in [1.29, 1.82) is 0 Å². The Balaban J connectivity index is 1.60. The summed E-state index contributed by atoms with van der Waals surface area (Å²) in [6.45, 7) is 2.46. The molecule has 8 nitrogen and oxygen atoms in total. The monoisotopic (exact) mass is 490 g/mol. The van der Waals surface area contributed by atoms with E-state index in [9.17, 15) is 9.59 Å². The Bertz CT molecular complexity index is 1260. The molecule has 1 atom stereocenters. The van der Waals surface area contributed by atoms with E-state index >= 15 is 0 Å². The molecule has 2 aliphatic rings. The van der Waals surface area contributed by atoms with Crippen LogP contribution in [0.5, 0.6) is 11.5 Å². The maximum Gasteiger partial charge on any atom is 0.271 e. The van der Waals surface area contributed by atoms with E-state index in [4.69, 9.17) is 9.47 Å². The number of hydrogen-bond donors (Lipinski definition) is 1. The van der Waals surface area contributed by atoms with Crippen LogP contribution < -0.4 is 14.8 Å². The highest BCUT2D eigenvalue weighted by Crippen LogP contribution is 2.40. The molecule has 2 amide bonds. The predicted octanol–water partition coefficient (Wildman–Crippen LogP) is 4.31. The molecule has 2 aromatic heterocycles. The third-order valence-corrected chi connectivity index (χ3v) is 7.69. The standard InChI is InChI=1S/C28H34N4O4/c1-28(27(34)30-20-10-6-4-5-7-11-20)18-31-22(26(33)32(28)17-19-9-8-14-29-16-19)15-21-23(35-2)12-13-24(36-3)25(21)31/h8-9,12-16,20H,4-7,10-11,17-18H2,1-3H3,(H,30,34). The Morgan fingerprint density at radius 1 is 1.11 bits per heavy atom. The molecule has 0 spiro atoms. The van der Waals surface area contributed by atoms with Gasteiger partial charge in [-0.25, -0.2) is 0 Å². The molecule has 1 aromatic carbocycles. The van der Waals surface area contributed by atoms with Crippen molar-refractivity contribution in [2.45, 2.75) is 70.1 Å². The van der Waals surface area contributed by atoms with Gasteiger partial charge < -0.3 is 24.3 Å². The molecular weight excluding hydrogens is 456 g/mol. The van der Waals surface area contributed by atoms with E-state index in [1.165, 1.54) is 12.8 Å². The second-order valence-electron chi connectivity index (χ2n) is 10.0. The molecule has 0 radical (unpaired) electrons. The van der Waals surface area contributed by atoms with Gasteiger partial charge in [0.25, 0.3) is 5.91 Å². The fourth-order valence-corrected chi connectivity index (χ4v) is 5.64. The number of hydrogen-bond acceptors (Lipinski definition) is 5. The first-order valence-corrected chi connectivity index (χ1v) is 12.7. The maximum absolute atomic E-state index is 14.1. The average molecular weight is 491 g/mol. The zero-order chi connectivity index (χ0) is 25.3. The number of aromatic nitrogens is 2. The normalized spacial score (nSPS) is 20.6. The van der Waals surface area contributed by atoms with Crippen molar-refractivity contribution < 1.29 is 19.1 Å². The van der Waals surface area contributed by atoms with E-state index in [0.717, 1.165) is 42.1 Å². The first kappa shape index (κ1) is 24.2. The minimum atomic E-state index is -1.10. The number of carbonyl (C=O) groups excluding carboxylic acids is 2. The van der Waals surface area contributed by atoms with Gasteiger partial charge in [0.15, 0.2) is 0 Å². The highest BCUT2D eigenvalue weighted by Gasteiger charge is 2.48. The number of amides is 2. The molecule has 1 unspecified atom stereocenters. The number of nitrogens with zero attached hydrogens (tertiary/aromatic N) is 3. The van der Waals surface area contributed by atoms with E-state index in [2.05, 4.69) is 10.3 Å². The van der Waals surface area contributed by atoms with Gasteiger partial charge in [-0.15, -0.1) is 0 Å². The molecule has 1 aliphatic heterocycles. The average Bonchev–Trinajstić information content (AvgIpc) is 3.08. The van der Waals surface area contributed by atoms with Gasteiger partial charge in [0.1, 0.15) is 22.7 Å². The van der Waals surface area contributed by atoms with E-state index in [1.54, 1.807) is 31.5 Å². The molecule has 8 heteroatoms. The van der Waals surface area contributed by atoms with Gasteiger partial charge in [0.05, 0.1) is 26.3 Å². The molecule has 1 saturated carbocycles.